The Morgan fingerprint density at radius 2 is 1.97 bits per heavy atom. The molecule has 160 valence electrons. The van der Waals surface area contributed by atoms with E-state index in [1.807, 2.05) is 37.4 Å². The van der Waals surface area contributed by atoms with Crippen molar-refractivity contribution in [2.75, 3.05) is 19.5 Å². The Hall–Kier alpha value is -3.19. The van der Waals surface area contributed by atoms with E-state index in [1.165, 1.54) is 16.9 Å². The van der Waals surface area contributed by atoms with Crippen LogP contribution in [0.15, 0.2) is 42.6 Å². The van der Waals surface area contributed by atoms with E-state index in [2.05, 4.69) is 34.0 Å². The molecule has 0 aliphatic heterocycles. The lowest BCUT2D eigenvalue weighted by molar-refractivity contribution is 0.308. The van der Waals surface area contributed by atoms with Crippen LogP contribution in [0.2, 0.25) is 0 Å². The number of nitrogens with zero attached hydrogens (tertiary/aromatic N) is 3. The maximum atomic E-state index is 6.12. The molecule has 4 rings (SSSR count). The summed E-state index contributed by atoms with van der Waals surface area (Å²) in [7, 11) is 1.66. The van der Waals surface area contributed by atoms with Crippen LogP contribution in [0.4, 0.5) is 5.13 Å². The molecule has 2 N–H and O–H groups in total. The predicted molar refractivity (Wildman–Crippen MR) is 126 cm³/mol. The number of ether oxygens (including phenoxy) is 2. The molecular weight excluding hydrogens is 408 g/mol. The third kappa shape index (κ3) is 4.77. The number of fused-ring (bicyclic) bond motifs is 1. The topological polar surface area (TPSA) is 83.2 Å². The molecule has 0 amide bonds. The van der Waals surface area contributed by atoms with Crippen LogP contribution in [-0.2, 0) is 12.8 Å². The lowest BCUT2D eigenvalue weighted by Gasteiger charge is -2.12. The molecular formula is C24H26N4O2S. The molecule has 0 unspecified atom stereocenters. The van der Waals surface area contributed by atoms with Gasteiger partial charge < -0.3 is 15.2 Å². The average Bonchev–Trinajstić information content (AvgIpc) is 3.22. The van der Waals surface area contributed by atoms with E-state index in [9.17, 15) is 0 Å². The summed E-state index contributed by atoms with van der Waals surface area (Å²) in [4.78, 5) is 14.4. The van der Waals surface area contributed by atoms with Gasteiger partial charge >= 0.3 is 0 Å². The number of hydrogen-bond acceptors (Lipinski definition) is 7. The number of methoxy groups -OCH3 is 1. The van der Waals surface area contributed by atoms with E-state index in [0.717, 1.165) is 63.6 Å². The van der Waals surface area contributed by atoms with Crippen LogP contribution in [-0.4, -0.2) is 28.7 Å². The second-order valence-corrected chi connectivity index (χ2v) is 8.35. The standard InChI is InChI=1S/C24H26N4O2S/c1-4-16-12-17(23-14-26-24(25)31-23)7-10-22(16)30-11-5-6-20-19-9-8-18(29-3)13-21(19)28-15(2)27-20/h7-10,12-14H,4-6,11H2,1-3H3,(H2,25,26). The second-order valence-electron chi connectivity index (χ2n) is 7.29. The van der Waals surface area contributed by atoms with E-state index in [4.69, 9.17) is 15.2 Å². The normalized spacial score (nSPS) is 11.1. The Labute approximate surface area is 186 Å². The summed E-state index contributed by atoms with van der Waals surface area (Å²) >= 11 is 1.50. The lowest BCUT2D eigenvalue weighted by Crippen LogP contribution is -2.04. The Morgan fingerprint density at radius 3 is 2.71 bits per heavy atom. The molecule has 0 spiro atoms. The van der Waals surface area contributed by atoms with Gasteiger partial charge in [-0.25, -0.2) is 15.0 Å². The number of hydrogen-bond donors (Lipinski definition) is 1. The first kappa shape index (κ1) is 21.1. The molecule has 0 saturated heterocycles. The van der Waals surface area contributed by atoms with Gasteiger partial charge in [-0.05, 0) is 67.6 Å². The van der Waals surface area contributed by atoms with Crippen molar-refractivity contribution < 1.29 is 9.47 Å². The van der Waals surface area contributed by atoms with Crippen LogP contribution in [0.1, 0.15) is 30.4 Å². The molecule has 31 heavy (non-hydrogen) atoms. The summed E-state index contributed by atoms with van der Waals surface area (Å²) in [5.74, 6) is 2.50. The van der Waals surface area contributed by atoms with Crippen molar-refractivity contribution in [1.82, 2.24) is 15.0 Å². The summed E-state index contributed by atoms with van der Waals surface area (Å²) in [5.41, 5.74) is 10.0. The number of thiazole rings is 1. The van der Waals surface area contributed by atoms with Gasteiger partial charge in [-0.2, -0.15) is 0 Å². The third-order valence-corrected chi connectivity index (χ3v) is 6.04. The van der Waals surface area contributed by atoms with Crippen LogP contribution in [0.3, 0.4) is 0 Å². The first-order valence-corrected chi connectivity index (χ1v) is 11.2. The van der Waals surface area contributed by atoms with Gasteiger partial charge in [-0.1, -0.05) is 18.3 Å². The number of nitrogens with two attached hydrogens (primary N) is 1. The number of benzene rings is 2. The van der Waals surface area contributed by atoms with Gasteiger partial charge in [0.1, 0.15) is 17.3 Å². The van der Waals surface area contributed by atoms with Crippen LogP contribution in [0, 0.1) is 6.92 Å². The summed E-state index contributed by atoms with van der Waals surface area (Å²) < 4.78 is 11.4. The van der Waals surface area contributed by atoms with Crippen molar-refractivity contribution in [2.45, 2.75) is 33.1 Å². The smallest absolute Gasteiger partial charge is 0.180 e. The van der Waals surface area contributed by atoms with E-state index >= 15 is 0 Å². The van der Waals surface area contributed by atoms with Crippen molar-refractivity contribution in [1.29, 1.82) is 0 Å². The minimum atomic E-state index is 0.583. The quantitative estimate of drug-likeness (QED) is 0.383. The average molecular weight is 435 g/mol. The Kier molecular flexibility index (Phi) is 6.32. The molecule has 2 heterocycles. The molecule has 0 aliphatic rings. The fraction of sp³-hybridized carbons (Fsp3) is 0.292. The zero-order valence-corrected chi connectivity index (χ0v) is 18.8. The molecule has 0 fully saturated rings. The van der Waals surface area contributed by atoms with Gasteiger partial charge in [-0.15, -0.1) is 0 Å². The summed E-state index contributed by atoms with van der Waals surface area (Å²) in [6, 6.07) is 12.2. The molecule has 0 aliphatic carbocycles. The van der Waals surface area contributed by atoms with Crippen molar-refractivity contribution in [3.8, 4) is 21.9 Å². The molecule has 0 bridgehead atoms. The van der Waals surface area contributed by atoms with Crippen molar-refractivity contribution in [3.05, 3.63) is 59.7 Å². The highest BCUT2D eigenvalue weighted by Gasteiger charge is 2.10. The highest BCUT2D eigenvalue weighted by atomic mass is 32.1. The van der Waals surface area contributed by atoms with Gasteiger partial charge in [-0.3, -0.25) is 0 Å². The monoisotopic (exact) mass is 434 g/mol. The zero-order valence-electron chi connectivity index (χ0n) is 18.0. The van der Waals surface area contributed by atoms with Crippen molar-refractivity contribution >= 4 is 27.4 Å². The van der Waals surface area contributed by atoms with Crippen LogP contribution in [0.25, 0.3) is 21.3 Å². The first-order valence-electron chi connectivity index (χ1n) is 10.4. The van der Waals surface area contributed by atoms with Crippen LogP contribution < -0.4 is 15.2 Å². The fourth-order valence-corrected chi connectivity index (χ4v) is 4.29. The largest absolute Gasteiger partial charge is 0.497 e. The molecule has 6 nitrogen and oxygen atoms in total. The maximum absolute atomic E-state index is 6.12. The first-order chi connectivity index (χ1) is 15.1. The molecule has 7 heteroatoms. The molecule has 0 atom stereocenters. The molecule has 0 saturated carbocycles. The van der Waals surface area contributed by atoms with E-state index in [0.29, 0.717) is 11.7 Å². The minimum Gasteiger partial charge on any atom is -0.497 e. The molecule has 4 aromatic rings. The van der Waals surface area contributed by atoms with Gasteiger partial charge in [0.2, 0.25) is 0 Å². The van der Waals surface area contributed by atoms with Gasteiger partial charge in [0.15, 0.2) is 5.13 Å². The highest BCUT2D eigenvalue weighted by Crippen LogP contribution is 2.31. The lowest BCUT2D eigenvalue weighted by atomic mass is 10.1. The number of aromatic nitrogens is 3. The SMILES string of the molecule is CCc1cc(-c2cnc(N)s2)ccc1OCCCc1nc(C)nc2cc(OC)ccc12. The minimum absolute atomic E-state index is 0.583. The number of nitrogen functional groups attached to an aromatic ring is 1. The maximum Gasteiger partial charge on any atom is 0.180 e. The highest BCUT2D eigenvalue weighted by molar-refractivity contribution is 7.18. The molecule has 2 aromatic carbocycles. The van der Waals surface area contributed by atoms with Gasteiger partial charge in [0, 0.05) is 17.6 Å². The van der Waals surface area contributed by atoms with Crippen molar-refractivity contribution in [3.63, 3.8) is 0 Å². The number of anilines is 1. The third-order valence-electron chi connectivity index (χ3n) is 5.16. The Bertz CT molecular complexity index is 1210. The summed E-state index contributed by atoms with van der Waals surface area (Å²) in [6.45, 7) is 4.68. The number of rotatable bonds is 8. The van der Waals surface area contributed by atoms with Gasteiger partial charge in [0.05, 0.1) is 29.8 Å². The number of aryl methyl sites for hydroxylation is 3. The van der Waals surface area contributed by atoms with E-state index in [1.54, 1.807) is 7.11 Å². The second kappa shape index (κ2) is 9.31. The molecule has 2 aromatic heterocycles. The Morgan fingerprint density at radius 1 is 1.10 bits per heavy atom. The zero-order chi connectivity index (χ0) is 21.8. The van der Waals surface area contributed by atoms with Crippen LogP contribution in [0.5, 0.6) is 11.5 Å². The predicted octanol–water partition coefficient (Wildman–Crippen LogP) is 5.23. The van der Waals surface area contributed by atoms with E-state index in [-0.39, 0.29) is 0 Å². The van der Waals surface area contributed by atoms with Crippen LogP contribution >= 0.6 is 11.3 Å². The Balaban J connectivity index is 1.43. The van der Waals surface area contributed by atoms with Crippen molar-refractivity contribution in [2.24, 2.45) is 0 Å². The fourth-order valence-electron chi connectivity index (χ4n) is 3.61. The van der Waals surface area contributed by atoms with E-state index < -0.39 is 0 Å². The summed E-state index contributed by atoms with van der Waals surface area (Å²) in [6.07, 6.45) is 4.41. The summed E-state index contributed by atoms with van der Waals surface area (Å²) in [5, 5.41) is 1.65. The molecule has 0 radical (unpaired) electrons. The van der Waals surface area contributed by atoms with Gasteiger partial charge in [0.25, 0.3) is 0 Å².